The number of aryl methyl sites for hydroxylation is 1. The third-order valence-corrected chi connectivity index (χ3v) is 9.23. The summed E-state index contributed by atoms with van der Waals surface area (Å²) >= 11 is 0. The van der Waals surface area contributed by atoms with E-state index in [2.05, 4.69) is 23.7 Å². The SMILES string of the molecule is C1CC1.CCCN(Cc1cc(C2CCc3ccc(CC(C)C(=O)O)cc3O2)c(F)cc1-c1ccnc(OC)c1)C1(CC)CC1. The molecule has 2 heterocycles. The molecule has 2 aromatic carbocycles. The number of benzene rings is 2. The lowest BCUT2D eigenvalue weighted by Crippen LogP contribution is -2.37. The number of carboxylic acid groups (broad SMARTS) is 1. The van der Waals surface area contributed by atoms with Crippen LogP contribution in [0.4, 0.5) is 4.39 Å². The molecule has 0 radical (unpaired) electrons. The van der Waals surface area contributed by atoms with E-state index in [1.54, 1.807) is 26.3 Å². The second kappa shape index (κ2) is 14.1. The number of hydrogen-bond acceptors (Lipinski definition) is 5. The fourth-order valence-corrected chi connectivity index (χ4v) is 6.17. The second-order valence-electron chi connectivity index (χ2n) is 12.7. The van der Waals surface area contributed by atoms with E-state index in [-0.39, 0.29) is 11.4 Å². The maximum Gasteiger partial charge on any atom is 0.306 e. The molecule has 2 unspecified atom stereocenters. The van der Waals surface area contributed by atoms with Crippen LogP contribution in [-0.2, 0) is 24.2 Å². The molecule has 7 heteroatoms. The van der Waals surface area contributed by atoms with Crippen molar-refractivity contribution in [2.45, 2.75) is 103 Å². The molecule has 1 aliphatic heterocycles. The molecule has 0 spiro atoms. The van der Waals surface area contributed by atoms with E-state index in [0.717, 1.165) is 65.9 Å². The topological polar surface area (TPSA) is 71.9 Å². The molecule has 2 atom stereocenters. The average molecular weight is 603 g/mol. The summed E-state index contributed by atoms with van der Waals surface area (Å²) in [5.41, 5.74) is 5.57. The van der Waals surface area contributed by atoms with Gasteiger partial charge in [-0.15, -0.1) is 0 Å². The summed E-state index contributed by atoms with van der Waals surface area (Å²) in [5, 5.41) is 9.34. The molecule has 2 fully saturated rings. The zero-order valence-electron chi connectivity index (χ0n) is 26.7. The van der Waals surface area contributed by atoms with Crippen molar-refractivity contribution in [3.63, 3.8) is 0 Å². The third-order valence-electron chi connectivity index (χ3n) is 9.23. The summed E-state index contributed by atoms with van der Waals surface area (Å²) in [6.45, 7) is 7.90. The fourth-order valence-electron chi connectivity index (χ4n) is 6.17. The molecule has 6 nitrogen and oxygen atoms in total. The minimum absolute atomic E-state index is 0.224. The molecular formula is C37H47FN2O4. The number of carbonyl (C=O) groups is 1. The number of methoxy groups -OCH3 is 1. The van der Waals surface area contributed by atoms with Gasteiger partial charge in [-0.2, -0.15) is 0 Å². The Labute approximate surface area is 261 Å². The van der Waals surface area contributed by atoms with Gasteiger partial charge in [0.15, 0.2) is 0 Å². The largest absolute Gasteiger partial charge is 0.485 e. The van der Waals surface area contributed by atoms with Crippen molar-refractivity contribution < 1.29 is 23.8 Å². The number of pyridine rings is 1. The van der Waals surface area contributed by atoms with Crippen LogP contribution in [0.15, 0.2) is 48.7 Å². The highest BCUT2D eigenvalue weighted by Gasteiger charge is 2.45. The number of ether oxygens (including phenoxy) is 2. The Bertz CT molecular complexity index is 1450. The van der Waals surface area contributed by atoms with Crippen LogP contribution in [0, 0.1) is 11.7 Å². The number of hydrogen-bond donors (Lipinski definition) is 1. The molecule has 0 bridgehead atoms. The van der Waals surface area contributed by atoms with E-state index in [9.17, 15) is 9.90 Å². The van der Waals surface area contributed by atoms with E-state index in [1.165, 1.54) is 32.1 Å². The predicted molar refractivity (Wildman–Crippen MR) is 172 cm³/mol. The van der Waals surface area contributed by atoms with Gasteiger partial charge in [-0.25, -0.2) is 9.37 Å². The molecule has 3 aliphatic rings. The van der Waals surface area contributed by atoms with E-state index in [4.69, 9.17) is 9.47 Å². The maximum atomic E-state index is 16.0. The van der Waals surface area contributed by atoms with Crippen molar-refractivity contribution in [1.29, 1.82) is 0 Å². The van der Waals surface area contributed by atoms with Crippen LogP contribution in [0.25, 0.3) is 11.1 Å². The number of aliphatic carboxylic acids is 1. The van der Waals surface area contributed by atoms with Gasteiger partial charge in [-0.3, -0.25) is 9.69 Å². The highest BCUT2D eigenvalue weighted by molar-refractivity contribution is 5.70. The van der Waals surface area contributed by atoms with Crippen molar-refractivity contribution in [2.24, 2.45) is 5.92 Å². The van der Waals surface area contributed by atoms with Crippen LogP contribution in [0.1, 0.15) is 100 Å². The smallest absolute Gasteiger partial charge is 0.306 e. The first-order valence-corrected chi connectivity index (χ1v) is 16.4. The lowest BCUT2D eigenvalue weighted by Gasteiger charge is -2.33. The number of rotatable bonds is 12. The van der Waals surface area contributed by atoms with Gasteiger partial charge < -0.3 is 14.6 Å². The number of fused-ring (bicyclic) bond motifs is 1. The number of aromatic nitrogens is 1. The zero-order chi connectivity index (χ0) is 31.3. The van der Waals surface area contributed by atoms with Crippen molar-refractivity contribution >= 4 is 5.97 Å². The Morgan fingerprint density at radius 1 is 1.16 bits per heavy atom. The molecule has 2 saturated carbocycles. The number of nitrogens with zero attached hydrogens (tertiary/aromatic N) is 2. The first-order chi connectivity index (χ1) is 21.3. The Balaban J connectivity index is 0.00000121. The molecule has 1 N–H and O–H groups in total. The Morgan fingerprint density at radius 2 is 1.93 bits per heavy atom. The molecule has 44 heavy (non-hydrogen) atoms. The van der Waals surface area contributed by atoms with Crippen LogP contribution in [0.3, 0.4) is 0 Å². The Hall–Kier alpha value is -3.45. The number of halogens is 1. The van der Waals surface area contributed by atoms with E-state index < -0.39 is 18.0 Å². The second-order valence-corrected chi connectivity index (χ2v) is 12.7. The highest BCUT2D eigenvalue weighted by atomic mass is 19.1. The minimum atomic E-state index is -0.823. The molecule has 2 aliphatic carbocycles. The molecule has 0 amide bonds. The quantitative estimate of drug-likeness (QED) is 0.224. The first-order valence-electron chi connectivity index (χ1n) is 16.4. The van der Waals surface area contributed by atoms with Gasteiger partial charge in [0.05, 0.1) is 13.0 Å². The van der Waals surface area contributed by atoms with E-state index in [1.807, 2.05) is 36.4 Å². The lowest BCUT2D eigenvalue weighted by atomic mass is 9.91. The normalized spacial score (nSPS) is 18.4. The van der Waals surface area contributed by atoms with E-state index >= 15 is 4.39 Å². The number of carboxylic acids is 1. The highest BCUT2D eigenvalue weighted by Crippen LogP contribution is 2.46. The van der Waals surface area contributed by atoms with Crippen LogP contribution < -0.4 is 9.47 Å². The zero-order valence-corrected chi connectivity index (χ0v) is 26.7. The van der Waals surface area contributed by atoms with Gasteiger partial charge in [0.1, 0.15) is 17.7 Å². The summed E-state index contributed by atoms with van der Waals surface area (Å²) in [6.07, 6.45) is 12.2. The Kier molecular flexibility index (Phi) is 10.2. The van der Waals surface area contributed by atoms with Crippen LogP contribution in [-0.4, -0.2) is 40.2 Å². The summed E-state index contributed by atoms with van der Waals surface area (Å²) in [5.74, 6) is -0.388. The Morgan fingerprint density at radius 3 is 2.57 bits per heavy atom. The minimum Gasteiger partial charge on any atom is -0.485 e. The van der Waals surface area contributed by atoms with Gasteiger partial charge in [-0.1, -0.05) is 52.2 Å². The summed E-state index contributed by atoms with van der Waals surface area (Å²) in [6, 6.07) is 13.4. The van der Waals surface area contributed by atoms with Gasteiger partial charge in [-0.05, 0) is 104 Å². The standard InChI is InChI=1S/C34H41FN2O4.C3H6/c1-5-15-37(34(6-2)12-13-34)21-26-18-28(29(35)20-27(26)25-11-14-36-32(19-25)40-4)30-10-9-24-8-7-23(17-31(24)41-30)16-22(3)33(38)39;1-2-3-1/h7-8,11,14,17-20,22,30H,5-6,9-10,12-13,15-16,21H2,1-4H3,(H,38,39);1-3H2. The average Bonchev–Trinajstić information content (AvgIpc) is 3.95. The molecule has 0 saturated heterocycles. The van der Waals surface area contributed by atoms with Crippen LogP contribution >= 0.6 is 0 Å². The molecule has 236 valence electrons. The van der Waals surface area contributed by atoms with Gasteiger partial charge in [0.25, 0.3) is 0 Å². The molecule has 3 aromatic rings. The monoisotopic (exact) mass is 602 g/mol. The maximum absolute atomic E-state index is 16.0. The van der Waals surface area contributed by atoms with Crippen molar-refractivity contribution in [3.8, 4) is 22.8 Å². The first kappa shape index (κ1) is 32.0. The lowest BCUT2D eigenvalue weighted by molar-refractivity contribution is -0.141. The van der Waals surface area contributed by atoms with Crippen molar-refractivity contribution in [3.05, 3.63) is 76.7 Å². The van der Waals surface area contributed by atoms with Crippen LogP contribution in [0.2, 0.25) is 0 Å². The van der Waals surface area contributed by atoms with Crippen molar-refractivity contribution in [1.82, 2.24) is 9.88 Å². The van der Waals surface area contributed by atoms with Gasteiger partial charge >= 0.3 is 5.97 Å². The van der Waals surface area contributed by atoms with Gasteiger partial charge in [0.2, 0.25) is 5.88 Å². The summed E-state index contributed by atoms with van der Waals surface area (Å²) in [4.78, 5) is 18.2. The summed E-state index contributed by atoms with van der Waals surface area (Å²) < 4.78 is 27.8. The summed E-state index contributed by atoms with van der Waals surface area (Å²) in [7, 11) is 1.59. The molecular weight excluding hydrogens is 555 g/mol. The van der Waals surface area contributed by atoms with Crippen LogP contribution in [0.5, 0.6) is 11.6 Å². The predicted octanol–water partition coefficient (Wildman–Crippen LogP) is 8.55. The van der Waals surface area contributed by atoms with Gasteiger partial charge in [0, 0.05) is 29.9 Å². The van der Waals surface area contributed by atoms with E-state index in [0.29, 0.717) is 24.3 Å². The third kappa shape index (κ3) is 7.60. The fraction of sp³-hybridized carbons (Fsp3) is 0.514. The molecule has 6 rings (SSSR count). The molecule has 1 aromatic heterocycles. The van der Waals surface area contributed by atoms with Crippen molar-refractivity contribution in [2.75, 3.05) is 13.7 Å².